The third-order valence-electron chi connectivity index (χ3n) is 3.88. The van der Waals surface area contributed by atoms with Gasteiger partial charge in [-0.25, -0.2) is 9.63 Å². The summed E-state index contributed by atoms with van der Waals surface area (Å²) in [6.07, 6.45) is -0.0337. The molecule has 0 fully saturated rings. The van der Waals surface area contributed by atoms with Crippen molar-refractivity contribution in [1.82, 2.24) is 0 Å². The average molecular weight is 360 g/mol. The Morgan fingerprint density at radius 3 is 2.00 bits per heavy atom. The van der Waals surface area contributed by atoms with E-state index in [4.69, 9.17) is 4.84 Å². The number of hydrogen-bond donors (Lipinski definition) is 0. The normalized spacial score (nSPS) is 11.0. The molecule has 0 aliphatic rings. The van der Waals surface area contributed by atoms with Crippen molar-refractivity contribution in [2.24, 2.45) is 5.16 Å². The van der Waals surface area contributed by atoms with E-state index < -0.39 is 16.7 Å². The van der Waals surface area contributed by atoms with Gasteiger partial charge in [-0.1, -0.05) is 72.8 Å². The minimum absolute atomic E-state index is 0.0337. The number of benzene rings is 3. The SMILES string of the molecule is O=C(O/N=C(/Cc1ccccc1)[N+](=O)[O-])c1ccc(-c2ccccc2)cc1. The summed E-state index contributed by atoms with van der Waals surface area (Å²) in [5.41, 5.74) is 2.94. The van der Waals surface area contributed by atoms with Crippen molar-refractivity contribution in [1.29, 1.82) is 0 Å². The molecule has 6 heteroatoms. The Bertz CT molecular complexity index is 952. The minimum atomic E-state index is -0.748. The molecule has 0 atom stereocenters. The summed E-state index contributed by atoms with van der Waals surface area (Å²) in [7, 11) is 0. The monoisotopic (exact) mass is 360 g/mol. The second-order valence-corrected chi connectivity index (χ2v) is 5.75. The molecule has 0 saturated carbocycles. The Balaban J connectivity index is 1.70. The zero-order valence-electron chi connectivity index (χ0n) is 14.3. The number of hydrogen-bond acceptors (Lipinski definition) is 5. The number of nitro groups is 1. The largest absolute Gasteiger partial charge is 0.393 e. The maximum Gasteiger partial charge on any atom is 0.393 e. The van der Waals surface area contributed by atoms with Crippen LogP contribution in [0.1, 0.15) is 15.9 Å². The first-order valence-electron chi connectivity index (χ1n) is 8.25. The lowest BCUT2D eigenvalue weighted by atomic mass is 10.0. The van der Waals surface area contributed by atoms with Crippen LogP contribution in [0.15, 0.2) is 90.1 Å². The quantitative estimate of drug-likeness (QED) is 0.223. The number of nitrogens with zero attached hydrogens (tertiary/aromatic N) is 2. The highest BCUT2D eigenvalue weighted by Crippen LogP contribution is 2.19. The topological polar surface area (TPSA) is 81.8 Å². The minimum Gasteiger partial charge on any atom is -0.358 e. The van der Waals surface area contributed by atoms with Gasteiger partial charge in [0.05, 0.1) is 12.0 Å². The molecule has 3 aromatic carbocycles. The van der Waals surface area contributed by atoms with Crippen LogP contribution in [0.5, 0.6) is 0 Å². The van der Waals surface area contributed by atoms with E-state index >= 15 is 0 Å². The van der Waals surface area contributed by atoms with Crippen molar-refractivity contribution >= 4 is 11.8 Å². The molecule has 0 aliphatic heterocycles. The van der Waals surface area contributed by atoms with E-state index in [1.807, 2.05) is 36.4 Å². The van der Waals surface area contributed by atoms with E-state index in [9.17, 15) is 14.9 Å². The van der Waals surface area contributed by atoms with Gasteiger partial charge in [0.25, 0.3) is 0 Å². The van der Waals surface area contributed by atoms with Crippen LogP contribution >= 0.6 is 0 Å². The molecule has 0 saturated heterocycles. The fraction of sp³-hybridized carbons (Fsp3) is 0.0476. The summed E-state index contributed by atoms with van der Waals surface area (Å²) < 4.78 is 0. The molecule has 134 valence electrons. The van der Waals surface area contributed by atoms with Gasteiger partial charge in [-0.05, 0) is 33.7 Å². The van der Waals surface area contributed by atoms with Crippen molar-refractivity contribution in [3.8, 4) is 11.1 Å². The highest BCUT2D eigenvalue weighted by molar-refractivity contribution is 5.90. The van der Waals surface area contributed by atoms with Crippen LogP contribution < -0.4 is 0 Å². The summed E-state index contributed by atoms with van der Waals surface area (Å²) in [6.45, 7) is 0. The lowest BCUT2D eigenvalue weighted by Gasteiger charge is -2.02. The van der Waals surface area contributed by atoms with E-state index in [1.165, 1.54) is 0 Å². The summed E-state index contributed by atoms with van der Waals surface area (Å²) >= 11 is 0. The number of oxime groups is 1. The molecule has 6 nitrogen and oxygen atoms in total. The van der Waals surface area contributed by atoms with E-state index in [2.05, 4.69) is 5.16 Å². The van der Waals surface area contributed by atoms with Crippen molar-refractivity contribution in [2.75, 3.05) is 0 Å². The van der Waals surface area contributed by atoms with Gasteiger partial charge in [0.2, 0.25) is 0 Å². The van der Waals surface area contributed by atoms with Crippen LogP contribution in [0.3, 0.4) is 0 Å². The molecule has 27 heavy (non-hydrogen) atoms. The molecule has 0 radical (unpaired) electrons. The Kier molecular flexibility index (Phi) is 5.69. The van der Waals surface area contributed by atoms with Gasteiger partial charge < -0.3 is 10.1 Å². The standard InChI is InChI=1S/C21H16N2O4/c24-21(19-13-11-18(12-14-19)17-9-5-2-6-10-17)27-22-20(23(25)26)15-16-7-3-1-4-8-16/h1-14H,15H2/b22-20-. The van der Waals surface area contributed by atoms with Gasteiger partial charge in [-0.15, -0.1) is 0 Å². The van der Waals surface area contributed by atoms with Crippen LogP contribution in [0.2, 0.25) is 0 Å². The van der Waals surface area contributed by atoms with E-state index in [1.54, 1.807) is 48.5 Å². The smallest absolute Gasteiger partial charge is 0.358 e. The lowest BCUT2D eigenvalue weighted by Crippen LogP contribution is -2.16. The van der Waals surface area contributed by atoms with E-state index in [0.29, 0.717) is 5.56 Å². The maximum absolute atomic E-state index is 12.1. The molecule has 0 aliphatic carbocycles. The van der Waals surface area contributed by atoms with E-state index in [-0.39, 0.29) is 12.0 Å². The summed E-state index contributed by atoms with van der Waals surface area (Å²) in [5.74, 6) is -1.18. The molecule has 0 spiro atoms. The van der Waals surface area contributed by atoms with Crippen LogP contribution in [0.25, 0.3) is 11.1 Å². The van der Waals surface area contributed by atoms with Crippen LogP contribution in [-0.2, 0) is 11.3 Å². The molecule has 3 aromatic rings. The Morgan fingerprint density at radius 2 is 1.41 bits per heavy atom. The Labute approximate surface area is 155 Å². The van der Waals surface area contributed by atoms with Crippen LogP contribution in [-0.4, -0.2) is 16.7 Å². The predicted octanol–water partition coefficient (Wildman–Crippen LogP) is 4.34. The first kappa shape index (κ1) is 18.0. The molecular weight excluding hydrogens is 344 g/mol. The Hall–Kier alpha value is -3.80. The predicted molar refractivity (Wildman–Crippen MR) is 102 cm³/mol. The highest BCUT2D eigenvalue weighted by atomic mass is 16.7. The fourth-order valence-electron chi connectivity index (χ4n) is 2.48. The second-order valence-electron chi connectivity index (χ2n) is 5.75. The molecule has 0 heterocycles. The van der Waals surface area contributed by atoms with Gasteiger partial charge in [-0.3, -0.25) is 0 Å². The number of carbonyl (C=O) groups is 1. The Morgan fingerprint density at radius 1 is 0.852 bits per heavy atom. The number of amidine groups is 1. The van der Waals surface area contributed by atoms with Gasteiger partial charge in [0, 0.05) is 0 Å². The van der Waals surface area contributed by atoms with Crippen molar-refractivity contribution in [3.63, 3.8) is 0 Å². The van der Waals surface area contributed by atoms with Gasteiger partial charge in [0.15, 0.2) is 5.16 Å². The summed E-state index contributed by atoms with van der Waals surface area (Å²) in [5, 5.41) is 14.6. The average Bonchev–Trinajstić information content (AvgIpc) is 2.72. The van der Waals surface area contributed by atoms with Crippen molar-refractivity contribution < 1.29 is 14.6 Å². The van der Waals surface area contributed by atoms with Gasteiger partial charge in [0.1, 0.15) is 0 Å². The molecular formula is C21H16N2O4. The summed E-state index contributed by atoms with van der Waals surface area (Å²) in [6, 6.07) is 25.3. The van der Waals surface area contributed by atoms with Crippen LogP contribution in [0, 0.1) is 10.1 Å². The zero-order valence-corrected chi connectivity index (χ0v) is 14.3. The maximum atomic E-state index is 12.1. The van der Waals surface area contributed by atoms with Gasteiger partial charge >= 0.3 is 11.8 Å². The molecule has 0 amide bonds. The van der Waals surface area contributed by atoms with Crippen molar-refractivity contribution in [2.45, 2.75) is 6.42 Å². The number of carbonyl (C=O) groups excluding carboxylic acids is 1. The fourth-order valence-corrected chi connectivity index (χ4v) is 2.48. The molecule has 0 bridgehead atoms. The first-order chi connectivity index (χ1) is 13.1. The van der Waals surface area contributed by atoms with E-state index in [0.717, 1.165) is 11.1 Å². The molecule has 0 N–H and O–H groups in total. The second kappa shape index (κ2) is 8.53. The highest BCUT2D eigenvalue weighted by Gasteiger charge is 2.18. The third-order valence-corrected chi connectivity index (χ3v) is 3.88. The molecule has 3 rings (SSSR count). The van der Waals surface area contributed by atoms with Crippen LogP contribution in [0.4, 0.5) is 0 Å². The first-order valence-corrected chi connectivity index (χ1v) is 8.25. The lowest BCUT2D eigenvalue weighted by molar-refractivity contribution is -0.354. The molecule has 0 unspecified atom stereocenters. The zero-order chi connectivity index (χ0) is 19.1. The number of rotatable bonds is 5. The summed E-state index contributed by atoms with van der Waals surface area (Å²) in [4.78, 5) is 27.4. The molecule has 0 aromatic heterocycles. The van der Waals surface area contributed by atoms with Crippen molar-refractivity contribution in [3.05, 3.63) is 106 Å². The third kappa shape index (κ3) is 4.85. The van der Waals surface area contributed by atoms with Gasteiger partial charge in [-0.2, -0.15) is 0 Å².